The van der Waals surface area contributed by atoms with Crippen molar-refractivity contribution < 1.29 is 18.7 Å². The topological polar surface area (TPSA) is 59.5 Å². The highest BCUT2D eigenvalue weighted by molar-refractivity contribution is 7.18. The summed E-state index contributed by atoms with van der Waals surface area (Å²) >= 11 is 1.54. The molecule has 0 bridgehead atoms. The Labute approximate surface area is 166 Å². The van der Waals surface area contributed by atoms with Crippen molar-refractivity contribution in [2.45, 2.75) is 25.8 Å². The third-order valence-corrected chi connectivity index (χ3v) is 5.74. The van der Waals surface area contributed by atoms with E-state index in [-0.39, 0.29) is 30.8 Å². The molecule has 0 aliphatic carbocycles. The quantitative estimate of drug-likeness (QED) is 0.560. The third kappa shape index (κ3) is 4.92. The van der Waals surface area contributed by atoms with Crippen LogP contribution in [0.3, 0.4) is 0 Å². The molecular formula is C21H21FN2O3S. The number of ether oxygens (including phenoxy) is 1. The summed E-state index contributed by atoms with van der Waals surface area (Å²) in [6.07, 6.45) is 0.571. The molecule has 1 atom stereocenters. The molecule has 146 valence electrons. The summed E-state index contributed by atoms with van der Waals surface area (Å²) in [6, 6.07) is 13.5. The van der Waals surface area contributed by atoms with Crippen molar-refractivity contribution in [3.8, 4) is 0 Å². The van der Waals surface area contributed by atoms with Crippen LogP contribution in [0.2, 0.25) is 0 Å². The average molecular weight is 400 g/mol. The van der Waals surface area contributed by atoms with Gasteiger partial charge >= 0.3 is 5.97 Å². The molecule has 0 unspecified atom stereocenters. The Morgan fingerprint density at radius 2 is 1.89 bits per heavy atom. The van der Waals surface area contributed by atoms with Crippen molar-refractivity contribution in [3.63, 3.8) is 0 Å². The van der Waals surface area contributed by atoms with Gasteiger partial charge < -0.3 is 9.64 Å². The number of para-hydroxylation sites is 1. The monoisotopic (exact) mass is 400 g/mol. The molecule has 1 amide bonds. The van der Waals surface area contributed by atoms with Gasteiger partial charge in [-0.05, 0) is 43.2 Å². The lowest BCUT2D eigenvalue weighted by atomic mass is 10.1. The fourth-order valence-corrected chi connectivity index (χ4v) is 3.73. The van der Waals surface area contributed by atoms with E-state index >= 15 is 0 Å². The lowest BCUT2D eigenvalue weighted by molar-refractivity contribution is -0.152. The van der Waals surface area contributed by atoms with Gasteiger partial charge in [-0.2, -0.15) is 0 Å². The molecule has 3 aromatic rings. The molecule has 2 aromatic carbocycles. The van der Waals surface area contributed by atoms with E-state index in [4.69, 9.17) is 4.74 Å². The minimum absolute atomic E-state index is 0.135. The van der Waals surface area contributed by atoms with Gasteiger partial charge in [0.05, 0.1) is 16.3 Å². The number of likely N-dealkylation sites (N-methyl/N-ethyl adjacent to an activating group) is 1. The largest absolute Gasteiger partial charge is 0.456 e. The molecule has 0 saturated heterocycles. The molecule has 0 radical (unpaired) electrons. The zero-order valence-corrected chi connectivity index (χ0v) is 16.5. The molecular weight excluding hydrogens is 379 g/mol. The maximum absolute atomic E-state index is 12.9. The van der Waals surface area contributed by atoms with Crippen molar-refractivity contribution in [2.75, 3.05) is 13.7 Å². The molecule has 0 saturated carbocycles. The molecule has 0 N–H and O–H groups in total. The lowest BCUT2D eigenvalue weighted by Gasteiger charge is -2.23. The van der Waals surface area contributed by atoms with E-state index in [0.29, 0.717) is 6.42 Å². The lowest BCUT2D eigenvalue weighted by Crippen LogP contribution is -2.33. The van der Waals surface area contributed by atoms with Crippen LogP contribution in [0.5, 0.6) is 0 Å². The molecule has 5 nitrogen and oxygen atoms in total. The Balaban J connectivity index is 1.49. The van der Waals surface area contributed by atoms with Gasteiger partial charge in [-0.3, -0.25) is 9.59 Å². The molecule has 0 aliphatic rings. The highest BCUT2D eigenvalue weighted by Crippen LogP contribution is 2.28. The van der Waals surface area contributed by atoms with E-state index < -0.39 is 5.97 Å². The van der Waals surface area contributed by atoms with Crippen LogP contribution in [-0.4, -0.2) is 35.4 Å². The molecule has 3 rings (SSSR count). The number of rotatable bonds is 7. The Bertz CT molecular complexity index is 938. The number of carbonyl (C=O) groups is 2. The van der Waals surface area contributed by atoms with Crippen molar-refractivity contribution in [1.82, 2.24) is 9.88 Å². The number of benzene rings is 2. The van der Waals surface area contributed by atoms with Crippen LogP contribution in [0.1, 0.15) is 30.0 Å². The summed E-state index contributed by atoms with van der Waals surface area (Å²) in [5.74, 6) is -1.07. The summed E-state index contributed by atoms with van der Waals surface area (Å²) in [5.41, 5.74) is 1.74. The van der Waals surface area contributed by atoms with Crippen LogP contribution < -0.4 is 0 Å². The number of carbonyl (C=O) groups excluding carboxylic acids is 2. The maximum atomic E-state index is 12.9. The Hall–Kier alpha value is -2.80. The zero-order valence-electron chi connectivity index (χ0n) is 15.7. The number of amides is 1. The molecule has 7 heteroatoms. The molecule has 0 fully saturated rings. The number of hydrogen-bond donors (Lipinski definition) is 0. The number of esters is 1. The van der Waals surface area contributed by atoms with Crippen LogP contribution in [0.25, 0.3) is 10.2 Å². The number of thiazole rings is 1. The molecule has 1 aromatic heterocycles. The second-order valence-corrected chi connectivity index (χ2v) is 7.55. The van der Waals surface area contributed by atoms with Crippen molar-refractivity contribution in [3.05, 3.63) is 64.9 Å². The summed E-state index contributed by atoms with van der Waals surface area (Å²) < 4.78 is 19.0. The first-order valence-corrected chi connectivity index (χ1v) is 9.77. The fourth-order valence-electron chi connectivity index (χ4n) is 2.66. The molecule has 0 aliphatic heterocycles. The van der Waals surface area contributed by atoms with Crippen LogP contribution in [0.15, 0.2) is 48.5 Å². The van der Waals surface area contributed by atoms with E-state index in [1.807, 2.05) is 31.2 Å². The first-order valence-electron chi connectivity index (χ1n) is 8.95. The van der Waals surface area contributed by atoms with E-state index in [9.17, 15) is 14.0 Å². The zero-order chi connectivity index (χ0) is 20.1. The van der Waals surface area contributed by atoms with Crippen molar-refractivity contribution >= 4 is 33.4 Å². The number of fused-ring (bicyclic) bond motifs is 1. The third-order valence-electron chi connectivity index (χ3n) is 4.53. The number of aromatic nitrogens is 1. The molecule has 28 heavy (non-hydrogen) atoms. The van der Waals surface area contributed by atoms with Gasteiger partial charge in [0.1, 0.15) is 10.8 Å². The van der Waals surface area contributed by atoms with Gasteiger partial charge in [-0.15, -0.1) is 11.3 Å². The van der Waals surface area contributed by atoms with Gasteiger partial charge in [0, 0.05) is 13.5 Å². The first-order chi connectivity index (χ1) is 13.4. The van der Waals surface area contributed by atoms with Gasteiger partial charge in [0.25, 0.3) is 5.91 Å². The highest BCUT2D eigenvalue weighted by Gasteiger charge is 2.21. The number of aryl methyl sites for hydroxylation is 1. The van der Waals surface area contributed by atoms with Gasteiger partial charge in [-0.25, -0.2) is 9.37 Å². The minimum atomic E-state index is -0.460. The van der Waals surface area contributed by atoms with Crippen molar-refractivity contribution in [1.29, 1.82) is 0 Å². The normalized spacial score (nSPS) is 12.0. The summed E-state index contributed by atoms with van der Waals surface area (Å²) in [4.78, 5) is 30.4. The Morgan fingerprint density at radius 1 is 1.18 bits per heavy atom. The first kappa shape index (κ1) is 19.9. The molecule has 1 heterocycles. The predicted molar refractivity (Wildman–Crippen MR) is 106 cm³/mol. The summed E-state index contributed by atoms with van der Waals surface area (Å²) in [7, 11) is 1.67. The van der Waals surface area contributed by atoms with E-state index in [1.54, 1.807) is 30.5 Å². The van der Waals surface area contributed by atoms with Crippen LogP contribution >= 0.6 is 11.3 Å². The number of hydrogen-bond acceptors (Lipinski definition) is 5. The van der Waals surface area contributed by atoms with E-state index in [0.717, 1.165) is 20.8 Å². The fraction of sp³-hybridized carbons (Fsp3) is 0.286. The van der Waals surface area contributed by atoms with Crippen LogP contribution in [0, 0.1) is 5.82 Å². The number of halogens is 1. The number of nitrogens with zero attached hydrogens (tertiary/aromatic N) is 2. The second-order valence-electron chi connectivity index (χ2n) is 6.49. The summed E-state index contributed by atoms with van der Waals surface area (Å²) in [5, 5.41) is 0.833. The predicted octanol–water partition coefficient (Wildman–Crippen LogP) is 4.13. The standard InChI is InChI=1S/C21H21FN2O3S/c1-14(21-23-17-5-3-4-6-18(17)28-21)24(2)19(25)13-27-20(26)12-9-15-7-10-16(22)11-8-15/h3-8,10-11,14H,9,12-13H2,1-2H3/t14-/m0/s1. The van der Waals surface area contributed by atoms with Gasteiger partial charge in [0.15, 0.2) is 6.61 Å². The average Bonchev–Trinajstić information content (AvgIpc) is 3.14. The van der Waals surface area contributed by atoms with Gasteiger partial charge in [-0.1, -0.05) is 24.3 Å². The SMILES string of the molecule is C[C@@H](c1nc2ccccc2s1)N(C)C(=O)COC(=O)CCc1ccc(F)cc1. The smallest absolute Gasteiger partial charge is 0.306 e. The molecule has 0 spiro atoms. The van der Waals surface area contributed by atoms with Gasteiger partial charge in [0.2, 0.25) is 0 Å². The van der Waals surface area contributed by atoms with Crippen LogP contribution in [0.4, 0.5) is 4.39 Å². The second kappa shape index (κ2) is 8.93. The van der Waals surface area contributed by atoms with E-state index in [2.05, 4.69) is 4.98 Å². The Morgan fingerprint density at radius 3 is 2.61 bits per heavy atom. The minimum Gasteiger partial charge on any atom is -0.456 e. The van der Waals surface area contributed by atoms with Crippen LogP contribution in [-0.2, 0) is 20.7 Å². The van der Waals surface area contributed by atoms with E-state index in [1.165, 1.54) is 17.0 Å². The Kier molecular flexibility index (Phi) is 6.36. The highest BCUT2D eigenvalue weighted by atomic mass is 32.1. The van der Waals surface area contributed by atoms with Crippen molar-refractivity contribution in [2.24, 2.45) is 0 Å². The summed E-state index contributed by atoms with van der Waals surface area (Å²) in [6.45, 7) is 1.58. The maximum Gasteiger partial charge on any atom is 0.306 e.